The molecule has 0 spiro atoms. The molecule has 1 aromatic heterocycles. The molecule has 0 unspecified atom stereocenters. The van der Waals surface area contributed by atoms with Crippen molar-refractivity contribution in [1.29, 1.82) is 0 Å². The zero-order chi connectivity index (χ0) is 17.7. The molecule has 2 aromatic rings. The van der Waals surface area contributed by atoms with Crippen LogP contribution in [-0.2, 0) is 14.8 Å². The van der Waals surface area contributed by atoms with Crippen molar-refractivity contribution in [3.8, 4) is 5.69 Å². The van der Waals surface area contributed by atoms with Gasteiger partial charge in [0.1, 0.15) is 0 Å². The average Bonchev–Trinajstić information content (AvgIpc) is 3.17. The van der Waals surface area contributed by atoms with Crippen molar-refractivity contribution >= 4 is 15.9 Å². The third-order valence-electron chi connectivity index (χ3n) is 4.04. The molecule has 8 heteroatoms. The third-order valence-corrected chi connectivity index (χ3v) is 5.91. The summed E-state index contributed by atoms with van der Waals surface area (Å²) in [5, 5.41) is 2.67. The SMILES string of the molecule is O=C(NCCS(=O)(=O)N1CCOCC1)c1ccc(-n2cccc2)cc1. The van der Waals surface area contributed by atoms with E-state index in [2.05, 4.69) is 5.32 Å². The molecule has 1 N–H and O–H groups in total. The van der Waals surface area contributed by atoms with Gasteiger partial charge in [0, 0.05) is 43.3 Å². The monoisotopic (exact) mass is 363 g/mol. The molecule has 0 radical (unpaired) electrons. The molecule has 2 heterocycles. The first-order chi connectivity index (χ1) is 12.1. The lowest BCUT2D eigenvalue weighted by molar-refractivity contribution is 0.0730. The Hall–Kier alpha value is -2.16. The Morgan fingerprint density at radius 2 is 1.72 bits per heavy atom. The van der Waals surface area contributed by atoms with Gasteiger partial charge in [0.2, 0.25) is 10.0 Å². The van der Waals surface area contributed by atoms with Crippen molar-refractivity contribution in [3.63, 3.8) is 0 Å². The van der Waals surface area contributed by atoms with Crippen LogP contribution in [0.5, 0.6) is 0 Å². The number of hydrogen-bond acceptors (Lipinski definition) is 4. The first-order valence-corrected chi connectivity index (χ1v) is 9.74. The highest BCUT2D eigenvalue weighted by molar-refractivity contribution is 7.89. The Balaban J connectivity index is 1.52. The van der Waals surface area contributed by atoms with Gasteiger partial charge < -0.3 is 14.6 Å². The second-order valence-corrected chi connectivity index (χ2v) is 7.81. The van der Waals surface area contributed by atoms with E-state index >= 15 is 0 Å². The second-order valence-electron chi connectivity index (χ2n) is 5.72. The summed E-state index contributed by atoms with van der Waals surface area (Å²) in [6.45, 7) is 1.66. The number of benzene rings is 1. The van der Waals surface area contributed by atoms with Gasteiger partial charge in [-0.1, -0.05) is 0 Å². The largest absolute Gasteiger partial charge is 0.379 e. The number of aromatic nitrogens is 1. The summed E-state index contributed by atoms with van der Waals surface area (Å²) in [5.41, 5.74) is 1.45. The minimum absolute atomic E-state index is 0.0812. The van der Waals surface area contributed by atoms with Gasteiger partial charge in [-0.25, -0.2) is 8.42 Å². The topological polar surface area (TPSA) is 80.6 Å². The van der Waals surface area contributed by atoms with E-state index in [0.29, 0.717) is 31.9 Å². The first kappa shape index (κ1) is 17.7. The van der Waals surface area contributed by atoms with Crippen molar-refractivity contribution < 1.29 is 17.9 Å². The lowest BCUT2D eigenvalue weighted by Gasteiger charge is -2.26. The molecule has 25 heavy (non-hydrogen) atoms. The normalized spacial score (nSPS) is 15.8. The number of nitrogens with one attached hydrogen (secondary N) is 1. The molecular weight excluding hydrogens is 342 g/mol. The molecule has 0 bridgehead atoms. The molecule has 7 nitrogen and oxygen atoms in total. The summed E-state index contributed by atoms with van der Waals surface area (Å²) in [5.74, 6) is -0.392. The predicted molar refractivity (Wildman–Crippen MR) is 94.3 cm³/mol. The van der Waals surface area contributed by atoms with Crippen LogP contribution < -0.4 is 5.32 Å². The van der Waals surface area contributed by atoms with E-state index in [1.54, 1.807) is 12.1 Å². The minimum Gasteiger partial charge on any atom is -0.379 e. The molecule has 0 saturated carbocycles. The maximum atomic E-state index is 12.2. The molecule has 0 aliphatic carbocycles. The zero-order valence-corrected chi connectivity index (χ0v) is 14.6. The number of sulfonamides is 1. The zero-order valence-electron chi connectivity index (χ0n) is 13.8. The Kier molecular flexibility index (Phi) is 5.52. The van der Waals surface area contributed by atoms with Crippen LogP contribution in [0.1, 0.15) is 10.4 Å². The maximum absolute atomic E-state index is 12.2. The van der Waals surface area contributed by atoms with E-state index in [1.165, 1.54) is 4.31 Å². The van der Waals surface area contributed by atoms with E-state index in [4.69, 9.17) is 4.74 Å². The molecule has 1 amide bonds. The fraction of sp³-hybridized carbons (Fsp3) is 0.353. The number of ether oxygens (including phenoxy) is 1. The van der Waals surface area contributed by atoms with Crippen LogP contribution >= 0.6 is 0 Å². The van der Waals surface area contributed by atoms with Crippen molar-refractivity contribution in [2.45, 2.75) is 0 Å². The molecular formula is C17H21N3O4S. The van der Waals surface area contributed by atoms with Crippen LogP contribution in [-0.4, -0.2) is 61.8 Å². The summed E-state index contributed by atoms with van der Waals surface area (Å²) >= 11 is 0. The number of carbonyl (C=O) groups excluding carboxylic acids is 1. The Bertz CT molecular complexity index is 795. The minimum atomic E-state index is -3.36. The van der Waals surface area contributed by atoms with Crippen LogP contribution in [0.15, 0.2) is 48.8 Å². The number of hydrogen-bond donors (Lipinski definition) is 1. The quantitative estimate of drug-likeness (QED) is 0.826. The Morgan fingerprint density at radius 1 is 1.08 bits per heavy atom. The highest BCUT2D eigenvalue weighted by Gasteiger charge is 2.24. The Labute approximate surface area is 147 Å². The van der Waals surface area contributed by atoms with Crippen LogP contribution in [0.25, 0.3) is 5.69 Å². The van der Waals surface area contributed by atoms with Crippen molar-refractivity contribution in [3.05, 3.63) is 54.4 Å². The van der Waals surface area contributed by atoms with Gasteiger partial charge in [-0.05, 0) is 36.4 Å². The van der Waals surface area contributed by atoms with Crippen LogP contribution in [0.3, 0.4) is 0 Å². The molecule has 1 fully saturated rings. The van der Waals surface area contributed by atoms with Crippen molar-refractivity contribution in [2.24, 2.45) is 0 Å². The summed E-state index contributed by atoms with van der Waals surface area (Å²) in [7, 11) is -3.36. The molecule has 134 valence electrons. The standard InChI is InChI=1S/C17H21N3O4S/c21-17(15-3-5-16(6-4-15)19-8-1-2-9-19)18-7-14-25(22,23)20-10-12-24-13-11-20/h1-6,8-9H,7,10-14H2,(H,18,21). The van der Waals surface area contributed by atoms with Crippen LogP contribution in [0, 0.1) is 0 Å². The van der Waals surface area contributed by atoms with Gasteiger partial charge in [-0.15, -0.1) is 0 Å². The van der Waals surface area contributed by atoms with Crippen LogP contribution in [0.2, 0.25) is 0 Å². The molecule has 1 saturated heterocycles. The Morgan fingerprint density at radius 3 is 2.36 bits per heavy atom. The van der Waals surface area contributed by atoms with Crippen LogP contribution in [0.4, 0.5) is 0 Å². The highest BCUT2D eigenvalue weighted by atomic mass is 32.2. The summed E-state index contributed by atoms with van der Waals surface area (Å²) in [6, 6.07) is 11.0. The highest BCUT2D eigenvalue weighted by Crippen LogP contribution is 2.10. The number of morpholine rings is 1. The fourth-order valence-corrected chi connectivity index (χ4v) is 3.96. The predicted octanol–water partition coefficient (Wildman–Crippen LogP) is 0.869. The molecule has 1 aliphatic rings. The molecule has 3 rings (SSSR count). The van der Waals surface area contributed by atoms with Gasteiger partial charge in [0.05, 0.1) is 19.0 Å². The molecule has 1 aromatic carbocycles. The lowest BCUT2D eigenvalue weighted by atomic mass is 10.2. The van der Waals surface area contributed by atoms with E-state index < -0.39 is 10.0 Å². The van der Waals surface area contributed by atoms with E-state index in [0.717, 1.165) is 5.69 Å². The molecule has 1 aliphatic heterocycles. The lowest BCUT2D eigenvalue weighted by Crippen LogP contribution is -2.43. The van der Waals surface area contributed by atoms with Crippen molar-refractivity contribution in [2.75, 3.05) is 38.6 Å². The van der Waals surface area contributed by atoms with E-state index in [9.17, 15) is 13.2 Å². The van der Waals surface area contributed by atoms with Gasteiger partial charge in [0.15, 0.2) is 0 Å². The van der Waals surface area contributed by atoms with Gasteiger partial charge in [0.25, 0.3) is 5.91 Å². The number of rotatable bonds is 6. The van der Waals surface area contributed by atoms with Gasteiger partial charge in [-0.2, -0.15) is 4.31 Å². The van der Waals surface area contributed by atoms with E-state index in [1.807, 2.05) is 41.2 Å². The summed E-state index contributed by atoms with van der Waals surface area (Å²) in [4.78, 5) is 12.2. The maximum Gasteiger partial charge on any atom is 0.251 e. The average molecular weight is 363 g/mol. The van der Waals surface area contributed by atoms with E-state index in [-0.39, 0.29) is 18.2 Å². The number of carbonyl (C=O) groups is 1. The first-order valence-electron chi connectivity index (χ1n) is 8.13. The van der Waals surface area contributed by atoms with Gasteiger partial charge in [-0.3, -0.25) is 4.79 Å². The number of nitrogens with zero attached hydrogens (tertiary/aromatic N) is 2. The summed E-state index contributed by atoms with van der Waals surface area (Å²) in [6.07, 6.45) is 3.84. The third kappa shape index (κ3) is 4.47. The fourth-order valence-electron chi connectivity index (χ4n) is 2.64. The molecule has 0 atom stereocenters. The smallest absolute Gasteiger partial charge is 0.251 e. The number of amides is 1. The summed E-state index contributed by atoms with van der Waals surface area (Å²) < 4.78 is 32.9. The van der Waals surface area contributed by atoms with Gasteiger partial charge >= 0.3 is 0 Å². The van der Waals surface area contributed by atoms with Crippen molar-refractivity contribution in [1.82, 2.24) is 14.2 Å². The second kappa shape index (κ2) is 7.81.